The molecule has 4 rings (SSSR count). The van der Waals surface area contributed by atoms with Crippen LogP contribution < -0.4 is 5.32 Å². The Morgan fingerprint density at radius 1 is 1.30 bits per heavy atom. The summed E-state index contributed by atoms with van der Waals surface area (Å²) in [6, 6.07) is 13.2. The number of hydrogen-bond acceptors (Lipinski definition) is 6. The standard InChI is InChI=1S/C19H17ClN4O2S/c20-18-7-6-17(27-18)19(25)21-12-15-10-16(23-26-15)14-4-2-13(3-5-14)11-22-24-8-1-9-24/h2-7,10-11H,1,8-9,12H2,(H,21,25)/b22-11+. The molecule has 27 heavy (non-hydrogen) atoms. The van der Waals surface area contributed by atoms with Crippen molar-refractivity contribution in [3.8, 4) is 11.3 Å². The number of hydrazone groups is 1. The Hall–Kier alpha value is -2.64. The van der Waals surface area contributed by atoms with Crippen molar-refractivity contribution in [1.29, 1.82) is 0 Å². The first kappa shape index (κ1) is 17.8. The van der Waals surface area contributed by atoms with Crippen molar-refractivity contribution in [2.24, 2.45) is 5.10 Å². The Balaban J connectivity index is 1.35. The van der Waals surface area contributed by atoms with Crippen LogP contribution in [0.3, 0.4) is 0 Å². The highest BCUT2D eigenvalue weighted by molar-refractivity contribution is 7.17. The molecule has 6 nitrogen and oxygen atoms in total. The summed E-state index contributed by atoms with van der Waals surface area (Å²) >= 11 is 7.09. The number of nitrogens with zero attached hydrogens (tertiary/aromatic N) is 3. The van der Waals surface area contributed by atoms with Crippen molar-refractivity contribution in [2.45, 2.75) is 13.0 Å². The predicted molar refractivity (Wildman–Crippen MR) is 106 cm³/mol. The van der Waals surface area contributed by atoms with Gasteiger partial charge < -0.3 is 9.84 Å². The summed E-state index contributed by atoms with van der Waals surface area (Å²) in [6.45, 7) is 2.33. The second-order valence-electron chi connectivity index (χ2n) is 6.14. The number of hydrogen-bond donors (Lipinski definition) is 1. The lowest BCUT2D eigenvalue weighted by atomic mass is 10.1. The van der Waals surface area contributed by atoms with Crippen LogP contribution in [-0.4, -0.2) is 35.4 Å². The SMILES string of the molecule is O=C(NCc1cc(-c2ccc(/C=N/N3CCC3)cc2)no1)c1ccc(Cl)s1. The van der Waals surface area contributed by atoms with Crippen molar-refractivity contribution >= 4 is 35.1 Å². The molecule has 3 aromatic rings. The summed E-state index contributed by atoms with van der Waals surface area (Å²) in [5.41, 5.74) is 2.71. The zero-order chi connectivity index (χ0) is 18.6. The average molecular weight is 401 g/mol. The highest BCUT2D eigenvalue weighted by atomic mass is 35.5. The molecular formula is C19H17ClN4O2S. The molecule has 1 aromatic carbocycles. The van der Waals surface area contributed by atoms with E-state index < -0.39 is 0 Å². The summed E-state index contributed by atoms with van der Waals surface area (Å²) in [4.78, 5) is 12.6. The van der Waals surface area contributed by atoms with E-state index >= 15 is 0 Å². The van der Waals surface area contributed by atoms with Gasteiger partial charge in [0.2, 0.25) is 0 Å². The monoisotopic (exact) mass is 400 g/mol. The van der Waals surface area contributed by atoms with E-state index in [4.69, 9.17) is 16.1 Å². The average Bonchev–Trinajstić information content (AvgIpc) is 3.28. The maximum Gasteiger partial charge on any atom is 0.261 e. The summed E-state index contributed by atoms with van der Waals surface area (Å²) in [5, 5.41) is 13.3. The van der Waals surface area contributed by atoms with Crippen molar-refractivity contribution in [3.63, 3.8) is 0 Å². The van der Waals surface area contributed by atoms with Gasteiger partial charge >= 0.3 is 0 Å². The molecule has 8 heteroatoms. The summed E-state index contributed by atoms with van der Waals surface area (Å²) in [7, 11) is 0. The second-order valence-corrected chi connectivity index (χ2v) is 7.85. The van der Waals surface area contributed by atoms with Gasteiger partial charge in [0.05, 0.1) is 22.0 Å². The van der Waals surface area contributed by atoms with E-state index in [-0.39, 0.29) is 12.5 Å². The van der Waals surface area contributed by atoms with E-state index in [0.717, 1.165) is 29.9 Å². The summed E-state index contributed by atoms with van der Waals surface area (Å²) in [6.07, 6.45) is 3.08. The van der Waals surface area contributed by atoms with Gasteiger partial charge in [-0.25, -0.2) is 0 Å². The van der Waals surface area contributed by atoms with Crippen LogP contribution in [0.4, 0.5) is 0 Å². The summed E-state index contributed by atoms with van der Waals surface area (Å²) < 4.78 is 5.91. The predicted octanol–water partition coefficient (Wildman–Crippen LogP) is 4.03. The fourth-order valence-electron chi connectivity index (χ4n) is 2.53. The van der Waals surface area contributed by atoms with Gasteiger partial charge in [-0.3, -0.25) is 9.80 Å². The second kappa shape index (κ2) is 7.94. The topological polar surface area (TPSA) is 70.7 Å². The van der Waals surface area contributed by atoms with E-state index in [2.05, 4.69) is 15.6 Å². The summed E-state index contributed by atoms with van der Waals surface area (Å²) in [5.74, 6) is 0.403. The number of amides is 1. The van der Waals surface area contributed by atoms with Crippen LogP contribution >= 0.6 is 22.9 Å². The number of carbonyl (C=O) groups excluding carboxylic acids is 1. The lowest BCUT2D eigenvalue weighted by molar-refractivity contribution is 0.0951. The maximum absolute atomic E-state index is 12.0. The van der Waals surface area contributed by atoms with Crippen LogP contribution in [-0.2, 0) is 6.54 Å². The third-order valence-corrected chi connectivity index (χ3v) is 5.42. The van der Waals surface area contributed by atoms with Gasteiger partial charge in [0.1, 0.15) is 5.69 Å². The molecule has 0 aliphatic carbocycles. The molecular weight excluding hydrogens is 384 g/mol. The minimum atomic E-state index is -0.185. The smallest absolute Gasteiger partial charge is 0.261 e. The van der Waals surface area contributed by atoms with E-state index in [1.54, 1.807) is 12.1 Å². The van der Waals surface area contributed by atoms with Crippen molar-refractivity contribution in [1.82, 2.24) is 15.5 Å². The zero-order valence-corrected chi connectivity index (χ0v) is 16.0. The van der Waals surface area contributed by atoms with Crippen LogP contribution in [0, 0.1) is 0 Å². The molecule has 0 bridgehead atoms. The van der Waals surface area contributed by atoms with E-state index in [9.17, 15) is 4.79 Å². The molecule has 0 radical (unpaired) electrons. The van der Waals surface area contributed by atoms with Crippen LogP contribution in [0.1, 0.15) is 27.4 Å². The Morgan fingerprint density at radius 2 is 2.11 bits per heavy atom. The Labute approximate surface area is 165 Å². The molecule has 0 atom stereocenters. The molecule has 2 aromatic heterocycles. The van der Waals surface area contributed by atoms with Gasteiger partial charge in [-0.1, -0.05) is 41.0 Å². The molecule has 0 unspecified atom stereocenters. The fraction of sp³-hybridized carbons (Fsp3) is 0.211. The Bertz CT molecular complexity index is 960. The molecule has 1 fully saturated rings. The number of rotatable bonds is 6. The number of thiophene rings is 1. The van der Waals surface area contributed by atoms with E-state index in [1.807, 2.05) is 41.6 Å². The normalized spacial score (nSPS) is 13.7. The van der Waals surface area contributed by atoms with Crippen molar-refractivity contribution < 1.29 is 9.32 Å². The molecule has 0 spiro atoms. The fourth-order valence-corrected chi connectivity index (χ4v) is 3.49. The number of benzene rings is 1. The van der Waals surface area contributed by atoms with Gasteiger partial charge in [0.25, 0.3) is 5.91 Å². The molecule has 1 amide bonds. The molecule has 1 aliphatic rings. The molecule has 0 saturated carbocycles. The third-order valence-electron chi connectivity index (χ3n) is 4.19. The van der Waals surface area contributed by atoms with E-state index in [1.165, 1.54) is 17.8 Å². The van der Waals surface area contributed by atoms with Gasteiger partial charge in [0, 0.05) is 24.7 Å². The van der Waals surface area contributed by atoms with Crippen LogP contribution in [0.2, 0.25) is 4.34 Å². The van der Waals surface area contributed by atoms with Crippen LogP contribution in [0.15, 0.2) is 52.1 Å². The number of carbonyl (C=O) groups is 1. The van der Waals surface area contributed by atoms with Crippen LogP contribution in [0.5, 0.6) is 0 Å². The molecule has 3 heterocycles. The highest BCUT2D eigenvalue weighted by Gasteiger charge is 2.12. The number of aromatic nitrogens is 1. The molecule has 1 N–H and O–H groups in total. The first-order chi connectivity index (χ1) is 13.2. The highest BCUT2D eigenvalue weighted by Crippen LogP contribution is 2.22. The van der Waals surface area contributed by atoms with Crippen molar-refractivity contribution in [3.05, 3.63) is 63.0 Å². The first-order valence-corrected chi connectivity index (χ1v) is 9.75. The minimum Gasteiger partial charge on any atom is -0.359 e. The minimum absolute atomic E-state index is 0.185. The lowest BCUT2D eigenvalue weighted by Crippen LogP contribution is -2.32. The van der Waals surface area contributed by atoms with Crippen LogP contribution in [0.25, 0.3) is 11.3 Å². The maximum atomic E-state index is 12.0. The number of nitrogens with one attached hydrogen (secondary N) is 1. The van der Waals surface area contributed by atoms with Gasteiger partial charge in [-0.2, -0.15) is 5.10 Å². The Morgan fingerprint density at radius 3 is 2.78 bits per heavy atom. The van der Waals surface area contributed by atoms with Gasteiger partial charge in [0.15, 0.2) is 5.76 Å². The third kappa shape index (κ3) is 4.37. The zero-order valence-electron chi connectivity index (χ0n) is 14.4. The molecule has 1 aliphatic heterocycles. The van der Waals surface area contributed by atoms with Gasteiger partial charge in [-0.15, -0.1) is 11.3 Å². The lowest BCUT2D eigenvalue weighted by Gasteiger charge is -2.27. The Kier molecular flexibility index (Phi) is 5.22. The molecule has 1 saturated heterocycles. The number of halogens is 1. The van der Waals surface area contributed by atoms with Gasteiger partial charge in [-0.05, 0) is 24.1 Å². The quantitative estimate of drug-likeness (QED) is 0.634. The molecule has 138 valence electrons. The first-order valence-electron chi connectivity index (χ1n) is 8.56. The largest absolute Gasteiger partial charge is 0.359 e. The van der Waals surface area contributed by atoms with E-state index in [0.29, 0.717) is 15.0 Å². The van der Waals surface area contributed by atoms with Crippen molar-refractivity contribution in [2.75, 3.05) is 13.1 Å².